The van der Waals surface area contributed by atoms with Gasteiger partial charge in [-0.2, -0.15) is 0 Å². The highest BCUT2D eigenvalue weighted by Gasteiger charge is 2.49. The summed E-state index contributed by atoms with van der Waals surface area (Å²) in [5.41, 5.74) is -1.04. The number of hydrogen-bond acceptors (Lipinski definition) is 11. The van der Waals surface area contributed by atoms with Crippen LogP contribution in [0.15, 0.2) is 0 Å². The Morgan fingerprint density at radius 2 is 1.35 bits per heavy atom. The molecule has 0 aliphatic carbocycles. The summed E-state index contributed by atoms with van der Waals surface area (Å²) < 4.78 is 15.7. The predicted molar refractivity (Wildman–Crippen MR) is 75.4 cm³/mol. The van der Waals surface area contributed by atoms with Crippen LogP contribution in [-0.2, 0) is 14.2 Å². The number of rotatable bonds is 4. The number of hydrogen-bond donors (Lipinski definition) is 8. The van der Waals surface area contributed by atoms with Gasteiger partial charge < -0.3 is 50.0 Å². The maximum atomic E-state index is 10.1. The van der Waals surface area contributed by atoms with Crippen LogP contribution in [-0.4, -0.2) is 110 Å². The molecule has 23 heavy (non-hydrogen) atoms. The average molecular weight is 358 g/mol. The molecule has 0 aromatic heterocycles. The monoisotopic (exact) mass is 358 g/mol. The second-order valence-electron chi connectivity index (χ2n) is 5.53. The van der Waals surface area contributed by atoms with Crippen LogP contribution in [0.1, 0.15) is 0 Å². The Balaban J connectivity index is 2.11. The van der Waals surface area contributed by atoms with Gasteiger partial charge in [-0.25, -0.2) is 0 Å². The molecule has 11 heteroatoms. The maximum Gasteiger partial charge on any atom is 0.187 e. The molecular formula is C12H22O10S. The summed E-state index contributed by atoms with van der Waals surface area (Å²) in [4.78, 5) is 0. The Kier molecular flexibility index (Phi) is 6.61. The standard InChI is InChI=1S/C12H22O10S/c13-1-3-5(15)6(16)8(18)11(20-3)22-10-4(2-14)21-12(23)9(19)7(10)17/h3-19,23H,1-2H2/t3-,4+,5-,6+,7+,8+,9-,10-,11+,12-/m1/s1. The van der Waals surface area contributed by atoms with Gasteiger partial charge in [-0.05, 0) is 0 Å². The largest absolute Gasteiger partial charge is 0.394 e. The number of aliphatic hydroxyl groups is 7. The van der Waals surface area contributed by atoms with E-state index in [1.54, 1.807) is 0 Å². The van der Waals surface area contributed by atoms with Gasteiger partial charge in [-0.3, -0.25) is 0 Å². The van der Waals surface area contributed by atoms with Crippen molar-refractivity contribution in [3.8, 4) is 0 Å². The van der Waals surface area contributed by atoms with Crippen molar-refractivity contribution in [1.29, 1.82) is 0 Å². The SMILES string of the molecule is OC[C@@H]1O[C@H](S)[C@H](O)[C@H](O)[C@@H]1O[C@@H]1O[C@H](CO)[C@@H](O)[C@H](O)[C@@H]1O. The van der Waals surface area contributed by atoms with Gasteiger partial charge in [0, 0.05) is 0 Å². The Hall–Kier alpha value is -0.0500. The smallest absolute Gasteiger partial charge is 0.187 e. The van der Waals surface area contributed by atoms with E-state index in [0.29, 0.717) is 0 Å². The van der Waals surface area contributed by atoms with E-state index < -0.39 is 73.8 Å². The van der Waals surface area contributed by atoms with Gasteiger partial charge >= 0.3 is 0 Å². The number of thiol groups is 1. The van der Waals surface area contributed by atoms with Crippen LogP contribution in [0.5, 0.6) is 0 Å². The molecule has 0 saturated carbocycles. The zero-order valence-corrected chi connectivity index (χ0v) is 12.9. The Labute approximate surface area is 137 Å². The topological polar surface area (TPSA) is 169 Å². The first-order chi connectivity index (χ1) is 10.8. The van der Waals surface area contributed by atoms with E-state index >= 15 is 0 Å². The molecule has 0 bridgehead atoms. The molecule has 2 rings (SSSR count). The third kappa shape index (κ3) is 3.80. The second-order valence-corrected chi connectivity index (χ2v) is 6.04. The predicted octanol–water partition coefficient (Wildman–Crippen LogP) is -4.46. The van der Waals surface area contributed by atoms with Crippen molar-refractivity contribution in [1.82, 2.24) is 0 Å². The van der Waals surface area contributed by atoms with Crippen molar-refractivity contribution in [3.63, 3.8) is 0 Å². The lowest BCUT2D eigenvalue weighted by Crippen LogP contribution is -2.63. The van der Waals surface area contributed by atoms with E-state index in [1.807, 2.05) is 0 Å². The first-order valence-electron chi connectivity index (χ1n) is 7.08. The van der Waals surface area contributed by atoms with Crippen molar-refractivity contribution >= 4 is 12.6 Å². The van der Waals surface area contributed by atoms with Crippen molar-refractivity contribution in [2.24, 2.45) is 0 Å². The fourth-order valence-electron chi connectivity index (χ4n) is 2.57. The molecule has 2 aliphatic heterocycles. The molecule has 0 unspecified atom stereocenters. The molecule has 0 spiro atoms. The van der Waals surface area contributed by atoms with Crippen LogP contribution < -0.4 is 0 Å². The molecule has 2 aliphatic rings. The van der Waals surface area contributed by atoms with E-state index in [9.17, 15) is 30.6 Å². The van der Waals surface area contributed by atoms with E-state index in [0.717, 1.165) is 0 Å². The van der Waals surface area contributed by atoms with Gasteiger partial charge in [0.1, 0.15) is 54.3 Å². The van der Waals surface area contributed by atoms with Crippen LogP contribution in [0, 0.1) is 0 Å². The summed E-state index contributed by atoms with van der Waals surface area (Å²) in [5, 5.41) is 67.6. The minimum Gasteiger partial charge on any atom is -0.394 e. The fraction of sp³-hybridized carbons (Fsp3) is 1.00. The Morgan fingerprint density at radius 1 is 0.739 bits per heavy atom. The van der Waals surface area contributed by atoms with Crippen LogP contribution in [0.2, 0.25) is 0 Å². The summed E-state index contributed by atoms with van der Waals surface area (Å²) in [6.07, 6.45) is -12.9. The average Bonchev–Trinajstić information content (AvgIpc) is 2.55. The molecule has 10 nitrogen and oxygen atoms in total. The molecule has 0 aromatic rings. The highest BCUT2D eigenvalue weighted by atomic mass is 32.1. The summed E-state index contributed by atoms with van der Waals surface area (Å²) in [5.74, 6) is 0. The van der Waals surface area contributed by atoms with Crippen molar-refractivity contribution in [3.05, 3.63) is 0 Å². The maximum absolute atomic E-state index is 10.1. The molecule has 2 heterocycles. The summed E-state index contributed by atoms with van der Waals surface area (Å²) >= 11 is 3.92. The first-order valence-corrected chi connectivity index (χ1v) is 7.60. The van der Waals surface area contributed by atoms with Gasteiger partial charge in [0.2, 0.25) is 0 Å². The quantitative estimate of drug-likeness (QED) is 0.229. The number of aliphatic hydroxyl groups excluding tert-OH is 7. The van der Waals surface area contributed by atoms with E-state index in [4.69, 9.17) is 19.3 Å². The van der Waals surface area contributed by atoms with Gasteiger partial charge in [-0.1, -0.05) is 0 Å². The minimum absolute atomic E-state index is 0.567. The van der Waals surface area contributed by atoms with Gasteiger partial charge in [0.15, 0.2) is 6.29 Å². The summed E-state index contributed by atoms with van der Waals surface area (Å²) in [7, 11) is 0. The highest BCUT2D eigenvalue weighted by molar-refractivity contribution is 7.80. The molecule has 136 valence electrons. The van der Waals surface area contributed by atoms with Crippen LogP contribution >= 0.6 is 12.6 Å². The van der Waals surface area contributed by atoms with E-state index in [2.05, 4.69) is 12.6 Å². The lowest BCUT2D eigenvalue weighted by Gasteiger charge is -2.45. The highest BCUT2D eigenvalue weighted by Crippen LogP contribution is 2.29. The van der Waals surface area contributed by atoms with Crippen LogP contribution in [0.25, 0.3) is 0 Å². The van der Waals surface area contributed by atoms with Crippen LogP contribution in [0.3, 0.4) is 0 Å². The molecule has 10 atom stereocenters. The zero-order chi connectivity index (χ0) is 17.3. The van der Waals surface area contributed by atoms with Gasteiger partial charge in [0.25, 0.3) is 0 Å². The molecule has 2 saturated heterocycles. The van der Waals surface area contributed by atoms with E-state index in [-0.39, 0.29) is 0 Å². The number of ether oxygens (including phenoxy) is 3. The third-order valence-electron chi connectivity index (χ3n) is 3.98. The molecule has 0 amide bonds. The van der Waals surface area contributed by atoms with Crippen LogP contribution in [0.4, 0.5) is 0 Å². The summed E-state index contributed by atoms with van der Waals surface area (Å²) in [6.45, 7) is -1.21. The van der Waals surface area contributed by atoms with Crippen molar-refractivity contribution in [2.75, 3.05) is 13.2 Å². The lowest BCUT2D eigenvalue weighted by atomic mass is 9.97. The molecule has 0 aromatic carbocycles. The van der Waals surface area contributed by atoms with Gasteiger partial charge in [0.05, 0.1) is 13.2 Å². The Morgan fingerprint density at radius 3 is 1.91 bits per heavy atom. The normalized spacial score (nSPS) is 51.7. The lowest BCUT2D eigenvalue weighted by molar-refractivity contribution is -0.338. The fourth-order valence-corrected chi connectivity index (χ4v) is 2.90. The van der Waals surface area contributed by atoms with Crippen molar-refractivity contribution in [2.45, 2.75) is 60.6 Å². The molecular weight excluding hydrogens is 336 g/mol. The van der Waals surface area contributed by atoms with Gasteiger partial charge in [-0.15, -0.1) is 12.6 Å². The van der Waals surface area contributed by atoms with E-state index in [1.165, 1.54) is 0 Å². The second kappa shape index (κ2) is 7.89. The summed E-state index contributed by atoms with van der Waals surface area (Å²) in [6, 6.07) is 0. The minimum atomic E-state index is -1.68. The molecule has 7 N–H and O–H groups in total. The first kappa shape index (κ1) is 19.3. The molecule has 0 radical (unpaired) electrons. The Bertz CT molecular complexity index is 383. The van der Waals surface area contributed by atoms with Crippen molar-refractivity contribution < 1.29 is 50.0 Å². The molecule has 2 fully saturated rings. The third-order valence-corrected chi connectivity index (χ3v) is 4.41. The zero-order valence-electron chi connectivity index (χ0n) is 12.0.